The van der Waals surface area contributed by atoms with E-state index in [0.29, 0.717) is 24.5 Å². The van der Waals surface area contributed by atoms with Crippen molar-refractivity contribution in [3.63, 3.8) is 0 Å². The van der Waals surface area contributed by atoms with Gasteiger partial charge in [0.05, 0.1) is 5.75 Å². The van der Waals surface area contributed by atoms with E-state index in [1.807, 2.05) is 6.92 Å². The summed E-state index contributed by atoms with van der Waals surface area (Å²) >= 11 is 0. The van der Waals surface area contributed by atoms with E-state index >= 15 is 0 Å². The van der Waals surface area contributed by atoms with Crippen LogP contribution in [-0.4, -0.2) is 46.3 Å². The number of hydrogen-bond acceptors (Lipinski definition) is 3. The van der Waals surface area contributed by atoms with E-state index in [2.05, 4.69) is 5.32 Å². The largest absolute Gasteiger partial charge is 0.338 e. The minimum Gasteiger partial charge on any atom is -0.338 e. The molecule has 1 aliphatic heterocycles. The molecular weight excluding hydrogens is 202 g/mol. The van der Waals surface area contributed by atoms with Gasteiger partial charge in [-0.2, -0.15) is 0 Å². The molecule has 0 aliphatic carbocycles. The minimum atomic E-state index is -2.41. The van der Waals surface area contributed by atoms with E-state index in [1.165, 1.54) is 0 Å². The molecule has 0 saturated carbocycles. The van der Waals surface area contributed by atoms with Crippen LogP contribution in [0.4, 0.5) is 4.79 Å². The van der Waals surface area contributed by atoms with Crippen LogP contribution in [0.1, 0.15) is 13.3 Å². The fourth-order valence-corrected chi connectivity index (χ4v) is 3.38. The zero-order valence-corrected chi connectivity index (χ0v) is 9.39. The van der Waals surface area contributed by atoms with Gasteiger partial charge in [0.15, 0.2) is 0 Å². The van der Waals surface area contributed by atoms with E-state index in [9.17, 15) is 9.00 Å². The highest BCUT2D eigenvalue weighted by Crippen LogP contribution is 2.16. The van der Waals surface area contributed by atoms with Gasteiger partial charge in [-0.1, -0.05) is 0 Å². The summed E-state index contributed by atoms with van der Waals surface area (Å²) in [5.74, 6) is 0.738. The van der Waals surface area contributed by atoms with Crippen molar-refractivity contribution < 1.29 is 9.00 Å². The van der Waals surface area contributed by atoms with Gasteiger partial charge in [-0.25, -0.2) is 9.00 Å². The third-order valence-electron chi connectivity index (χ3n) is 2.44. The number of carbonyl (C=O) groups excluding carboxylic acids is 1. The molecule has 2 N–H and O–H groups in total. The van der Waals surface area contributed by atoms with Gasteiger partial charge in [0.1, 0.15) is 0 Å². The van der Waals surface area contributed by atoms with Crippen molar-refractivity contribution in [2.24, 2.45) is 0 Å². The molecule has 1 saturated heterocycles. The molecule has 5 nitrogen and oxygen atoms in total. The molecule has 1 aliphatic rings. The summed E-state index contributed by atoms with van der Waals surface area (Å²) in [6, 6.07) is -0.179. The fraction of sp³-hybridized carbons (Fsp3) is 0.875. The van der Waals surface area contributed by atoms with Crippen LogP contribution in [0.5, 0.6) is 0 Å². The first-order chi connectivity index (χ1) is 6.46. The van der Waals surface area contributed by atoms with Crippen molar-refractivity contribution in [3.05, 3.63) is 0 Å². The van der Waals surface area contributed by atoms with Crippen LogP contribution in [0.15, 0.2) is 0 Å². The smallest absolute Gasteiger partial charge is 0.317 e. The maximum atomic E-state index is 11.4. The third-order valence-corrected chi connectivity index (χ3v) is 4.26. The van der Waals surface area contributed by atoms with Crippen LogP contribution in [0.3, 0.4) is 0 Å². The molecule has 0 radical (unpaired) electrons. The van der Waals surface area contributed by atoms with Gasteiger partial charge in [-0.3, -0.25) is 4.78 Å². The number of nitrogens with zero attached hydrogens (tertiary/aromatic N) is 1. The molecule has 1 rings (SSSR count). The van der Waals surface area contributed by atoms with Crippen LogP contribution in [0.2, 0.25) is 0 Å². The molecular formula is C8H17N3O2S. The predicted octanol–water partition coefficient (Wildman–Crippen LogP) is 0.467. The predicted molar refractivity (Wildman–Crippen MR) is 55.8 cm³/mol. The number of urea groups is 1. The van der Waals surface area contributed by atoms with Gasteiger partial charge in [-0.15, -0.1) is 0 Å². The Kier molecular flexibility index (Phi) is 3.36. The SMILES string of the molecule is CCNC(=O)N(C)C1CCS(=N)(=O)C1. The van der Waals surface area contributed by atoms with Gasteiger partial charge in [0.2, 0.25) is 0 Å². The fourth-order valence-electron chi connectivity index (χ4n) is 1.55. The molecule has 0 aromatic rings. The average molecular weight is 219 g/mol. The number of nitrogens with one attached hydrogen (secondary N) is 2. The van der Waals surface area contributed by atoms with Gasteiger partial charge in [0, 0.05) is 35.1 Å². The molecule has 2 amide bonds. The molecule has 1 fully saturated rings. The highest BCUT2D eigenvalue weighted by Gasteiger charge is 2.30. The first kappa shape index (κ1) is 11.3. The number of amides is 2. The molecule has 2 atom stereocenters. The average Bonchev–Trinajstić information content (AvgIpc) is 2.45. The second kappa shape index (κ2) is 4.16. The van der Waals surface area contributed by atoms with Crippen LogP contribution in [-0.2, 0) is 9.73 Å². The van der Waals surface area contributed by atoms with Crippen LogP contribution in [0.25, 0.3) is 0 Å². The lowest BCUT2D eigenvalue weighted by atomic mass is 10.2. The Bertz CT molecular complexity index is 313. The molecule has 1 heterocycles. The summed E-state index contributed by atoms with van der Waals surface area (Å²) in [6.07, 6.45) is 0.677. The molecule has 6 heteroatoms. The summed E-state index contributed by atoms with van der Waals surface area (Å²) in [6.45, 7) is 2.44. The van der Waals surface area contributed by atoms with Crippen molar-refractivity contribution in [3.8, 4) is 0 Å². The number of hydrogen-bond donors (Lipinski definition) is 2. The summed E-state index contributed by atoms with van der Waals surface area (Å²) < 4.78 is 18.8. The lowest BCUT2D eigenvalue weighted by Gasteiger charge is -2.23. The monoisotopic (exact) mass is 219 g/mol. The number of rotatable bonds is 2. The Morgan fingerprint density at radius 2 is 2.36 bits per heavy atom. The molecule has 0 aromatic heterocycles. The highest BCUT2D eigenvalue weighted by atomic mass is 32.2. The summed E-state index contributed by atoms with van der Waals surface area (Å²) in [4.78, 5) is 13.0. The van der Waals surface area contributed by atoms with Crippen molar-refractivity contribution in [2.75, 3.05) is 25.1 Å². The van der Waals surface area contributed by atoms with Crippen molar-refractivity contribution in [1.29, 1.82) is 4.78 Å². The van der Waals surface area contributed by atoms with Crippen LogP contribution < -0.4 is 5.32 Å². The zero-order chi connectivity index (χ0) is 10.8. The van der Waals surface area contributed by atoms with Gasteiger partial charge < -0.3 is 10.2 Å². The van der Waals surface area contributed by atoms with E-state index < -0.39 is 9.73 Å². The van der Waals surface area contributed by atoms with E-state index in [0.717, 1.165) is 0 Å². The summed E-state index contributed by atoms with van der Waals surface area (Å²) in [5.41, 5.74) is 0. The van der Waals surface area contributed by atoms with Crippen LogP contribution >= 0.6 is 0 Å². The van der Waals surface area contributed by atoms with Crippen molar-refractivity contribution in [1.82, 2.24) is 10.2 Å². The summed E-state index contributed by atoms with van der Waals surface area (Å²) in [7, 11) is -0.720. The molecule has 82 valence electrons. The van der Waals surface area contributed by atoms with Crippen molar-refractivity contribution in [2.45, 2.75) is 19.4 Å². The van der Waals surface area contributed by atoms with Crippen LogP contribution in [0, 0.1) is 4.78 Å². The normalized spacial score (nSPS) is 31.4. The molecule has 2 unspecified atom stereocenters. The van der Waals surface area contributed by atoms with E-state index in [1.54, 1.807) is 11.9 Å². The third kappa shape index (κ3) is 2.60. The Hall–Kier alpha value is -0.780. The maximum absolute atomic E-state index is 11.4. The Balaban J connectivity index is 2.55. The van der Waals surface area contributed by atoms with E-state index in [-0.39, 0.29) is 12.1 Å². The minimum absolute atomic E-state index is 0.0356. The zero-order valence-electron chi connectivity index (χ0n) is 8.58. The lowest BCUT2D eigenvalue weighted by Crippen LogP contribution is -2.44. The maximum Gasteiger partial charge on any atom is 0.317 e. The van der Waals surface area contributed by atoms with E-state index in [4.69, 9.17) is 4.78 Å². The topological polar surface area (TPSA) is 73.3 Å². The quantitative estimate of drug-likeness (QED) is 0.708. The summed E-state index contributed by atoms with van der Waals surface area (Å²) in [5, 5.41) is 2.68. The van der Waals surface area contributed by atoms with Gasteiger partial charge in [0.25, 0.3) is 0 Å². The molecule has 0 aromatic carbocycles. The standard InChI is InChI=1S/C8H17N3O2S/c1-3-10-8(12)11(2)7-4-5-14(9,13)6-7/h7,9H,3-6H2,1-2H3,(H,10,12). The second-order valence-corrected chi connectivity index (χ2v) is 5.94. The first-order valence-electron chi connectivity index (χ1n) is 4.71. The molecule has 0 spiro atoms. The van der Waals surface area contributed by atoms with Gasteiger partial charge in [-0.05, 0) is 13.3 Å². The lowest BCUT2D eigenvalue weighted by molar-refractivity contribution is 0.196. The Morgan fingerprint density at radius 3 is 2.79 bits per heavy atom. The second-order valence-electron chi connectivity index (χ2n) is 3.57. The molecule has 0 bridgehead atoms. The Labute approximate surface area is 84.8 Å². The Morgan fingerprint density at radius 1 is 1.71 bits per heavy atom. The highest BCUT2D eigenvalue weighted by molar-refractivity contribution is 7.92. The molecule has 14 heavy (non-hydrogen) atoms. The van der Waals surface area contributed by atoms with Crippen molar-refractivity contribution >= 4 is 15.8 Å². The first-order valence-corrected chi connectivity index (χ1v) is 6.60. The number of carbonyl (C=O) groups is 1. The van der Waals surface area contributed by atoms with Gasteiger partial charge >= 0.3 is 6.03 Å².